The summed E-state index contributed by atoms with van der Waals surface area (Å²) in [4.78, 5) is 23.4. The van der Waals surface area contributed by atoms with Crippen LogP contribution in [0.2, 0.25) is 0 Å². The molecule has 0 radical (unpaired) electrons. The van der Waals surface area contributed by atoms with Crippen LogP contribution in [0.5, 0.6) is 0 Å². The number of benzene rings is 2. The van der Waals surface area contributed by atoms with Gasteiger partial charge in [0.05, 0.1) is 32.0 Å². The average molecular weight is 505 g/mol. The maximum Gasteiger partial charge on any atom is 0.325 e. The number of anilines is 1. The maximum absolute atomic E-state index is 12.0. The summed E-state index contributed by atoms with van der Waals surface area (Å²) in [6.45, 7) is 1.84. The molecular weight excluding hydrogens is 472 g/mol. The van der Waals surface area contributed by atoms with E-state index in [1.165, 1.54) is 0 Å². The van der Waals surface area contributed by atoms with Gasteiger partial charge >= 0.3 is 12.0 Å². The monoisotopic (exact) mass is 504 g/mol. The Morgan fingerprint density at radius 3 is 2.43 bits per heavy atom. The summed E-state index contributed by atoms with van der Waals surface area (Å²) in [6.07, 6.45) is -0.183. The zero-order chi connectivity index (χ0) is 25.0. The van der Waals surface area contributed by atoms with E-state index in [1.54, 1.807) is 30.8 Å². The number of nitrogens with one attached hydrogen (secondary N) is 2. The first-order valence-corrected chi connectivity index (χ1v) is 12.7. The Morgan fingerprint density at radius 1 is 1.06 bits per heavy atom. The molecule has 0 saturated carbocycles. The molecule has 0 aromatic heterocycles. The standard InChI is InChI=1S/C25H32N2O7S/c1-2-32-23(30)14-26-25(31)27-20-9-7-19(8-10-20)24-33-21(16-35-12-11-28)13-22(34-24)18-5-3-17(15-29)4-6-18/h3-10,21-22,24,28-29H,2,11-16H2,1H3,(H2,26,27,31). The molecule has 3 atom stereocenters. The zero-order valence-corrected chi connectivity index (χ0v) is 20.5. The molecule has 1 fully saturated rings. The van der Waals surface area contributed by atoms with Crippen LogP contribution in [-0.2, 0) is 25.6 Å². The number of hydrogen-bond acceptors (Lipinski definition) is 8. The molecule has 190 valence electrons. The Labute approximate surface area is 209 Å². The first kappa shape index (κ1) is 27.0. The van der Waals surface area contributed by atoms with Crippen LogP contribution in [0.25, 0.3) is 0 Å². The highest BCUT2D eigenvalue weighted by atomic mass is 32.2. The minimum absolute atomic E-state index is 0.0147. The van der Waals surface area contributed by atoms with Gasteiger partial charge in [-0.15, -0.1) is 0 Å². The molecule has 2 amide bonds. The summed E-state index contributed by atoms with van der Waals surface area (Å²) in [5.41, 5.74) is 3.19. The minimum atomic E-state index is -0.599. The summed E-state index contributed by atoms with van der Waals surface area (Å²) >= 11 is 1.63. The van der Waals surface area contributed by atoms with E-state index >= 15 is 0 Å². The summed E-state index contributed by atoms with van der Waals surface area (Å²) in [5.74, 6) is 0.864. The van der Waals surface area contributed by atoms with Crippen molar-refractivity contribution in [3.05, 3.63) is 65.2 Å². The number of rotatable bonds is 11. The summed E-state index contributed by atoms with van der Waals surface area (Å²) in [7, 11) is 0. The second-order valence-electron chi connectivity index (χ2n) is 7.88. The number of esters is 1. The number of aliphatic hydroxyl groups excluding tert-OH is 2. The number of carbonyl (C=O) groups is 2. The second kappa shape index (κ2) is 14.1. The fraction of sp³-hybridized carbons (Fsp3) is 0.440. The second-order valence-corrected chi connectivity index (χ2v) is 9.03. The van der Waals surface area contributed by atoms with Crippen LogP contribution in [-0.4, -0.2) is 59.6 Å². The summed E-state index contributed by atoms with van der Waals surface area (Å²) in [6, 6.07) is 14.3. The van der Waals surface area contributed by atoms with Crippen LogP contribution >= 0.6 is 11.8 Å². The molecule has 9 nitrogen and oxygen atoms in total. The molecule has 2 aromatic carbocycles. The Morgan fingerprint density at radius 2 is 1.77 bits per heavy atom. The van der Waals surface area contributed by atoms with Crippen LogP contribution in [0.3, 0.4) is 0 Å². The number of thioether (sulfide) groups is 1. The van der Waals surface area contributed by atoms with Crippen molar-refractivity contribution in [3.63, 3.8) is 0 Å². The fourth-order valence-corrected chi connectivity index (χ4v) is 4.34. The molecule has 0 bridgehead atoms. The van der Waals surface area contributed by atoms with Gasteiger partial charge in [-0.05, 0) is 30.2 Å². The third-order valence-corrected chi connectivity index (χ3v) is 6.37. The fourth-order valence-electron chi connectivity index (χ4n) is 3.57. The SMILES string of the molecule is CCOC(=O)CNC(=O)Nc1ccc(C2OC(CSCCO)CC(c3ccc(CO)cc3)O2)cc1. The third kappa shape index (κ3) is 8.52. The number of aliphatic hydroxyl groups is 2. The number of urea groups is 1. The Bertz CT molecular complexity index is 940. The first-order valence-electron chi connectivity index (χ1n) is 11.5. The van der Waals surface area contributed by atoms with E-state index in [0.29, 0.717) is 17.9 Å². The van der Waals surface area contributed by atoms with Crippen molar-refractivity contribution in [1.29, 1.82) is 0 Å². The van der Waals surface area contributed by atoms with Crippen LogP contribution in [0.4, 0.5) is 10.5 Å². The molecule has 3 unspecified atom stereocenters. The lowest BCUT2D eigenvalue weighted by Gasteiger charge is -2.36. The van der Waals surface area contributed by atoms with Gasteiger partial charge < -0.3 is 35.1 Å². The van der Waals surface area contributed by atoms with Gasteiger partial charge in [-0.3, -0.25) is 4.79 Å². The predicted octanol–water partition coefficient (Wildman–Crippen LogP) is 3.13. The van der Waals surface area contributed by atoms with E-state index in [2.05, 4.69) is 10.6 Å². The number of hydrogen-bond donors (Lipinski definition) is 4. The molecule has 35 heavy (non-hydrogen) atoms. The number of amides is 2. The summed E-state index contributed by atoms with van der Waals surface area (Å²) in [5, 5.41) is 23.6. The van der Waals surface area contributed by atoms with E-state index in [1.807, 2.05) is 36.4 Å². The molecule has 3 rings (SSSR count). The summed E-state index contributed by atoms with van der Waals surface area (Å²) < 4.78 is 17.3. The Kier molecular flexibility index (Phi) is 10.8. The largest absolute Gasteiger partial charge is 0.465 e. The van der Waals surface area contributed by atoms with Crippen LogP contribution in [0.15, 0.2) is 48.5 Å². The van der Waals surface area contributed by atoms with E-state index < -0.39 is 18.3 Å². The molecule has 1 heterocycles. The van der Waals surface area contributed by atoms with Crippen molar-refractivity contribution in [2.45, 2.75) is 38.4 Å². The average Bonchev–Trinajstić information content (AvgIpc) is 2.88. The Balaban J connectivity index is 1.65. The number of carbonyl (C=O) groups excluding carboxylic acids is 2. The van der Waals surface area contributed by atoms with Crippen molar-refractivity contribution in [3.8, 4) is 0 Å². The van der Waals surface area contributed by atoms with Crippen molar-refractivity contribution < 1.29 is 34.0 Å². The van der Waals surface area contributed by atoms with Crippen LogP contribution in [0, 0.1) is 0 Å². The zero-order valence-electron chi connectivity index (χ0n) is 19.6. The van der Waals surface area contributed by atoms with Crippen molar-refractivity contribution in [2.75, 3.05) is 36.6 Å². The molecule has 2 aromatic rings. The van der Waals surface area contributed by atoms with E-state index in [-0.39, 0.29) is 38.6 Å². The number of ether oxygens (including phenoxy) is 3. The van der Waals surface area contributed by atoms with Gasteiger partial charge in [0.15, 0.2) is 6.29 Å². The quantitative estimate of drug-likeness (QED) is 0.272. The normalized spacial score (nSPS) is 19.7. The third-order valence-electron chi connectivity index (χ3n) is 5.29. The molecule has 1 aliphatic rings. The van der Waals surface area contributed by atoms with Gasteiger partial charge in [-0.2, -0.15) is 11.8 Å². The Hall–Kier alpha value is -2.63. The first-order chi connectivity index (χ1) is 17.0. The van der Waals surface area contributed by atoms with Crippen LogP contribution in [0.1, 0.15) is 42.4 Å². The minimum Gasteiger partial charge on any atom is -0.465 e. The lowest BCUT2D eigenvalue weighted by Crippen LogP contribution is -2.34. The molecule has 10 heteroatoms. The molecule has 4 N–H and O–H groups in total. The molecule has 1 aliphatic heterocycles. The molecule has 1 saturated heterocycles. The molecule has 0 aliphatic carbocycles. The topological polar surface area (TPSA) is 126 Å². The molecule has 0 spiro atoms. The van der Waals surface area contributed by atoms with Gasteiger partial charge in [0.25, 0.3) is 0 Å². The smallest absolute Gasteiger partial charge is 0.325 e. The van der Waals surface area contributed by atoms with Crippen molar-refractivity contribution in [1.82, 2.24) is 5.32 Å². The highest BCUT2D eigenvalue weighted by molar-refractivity contribution is 7.99. The van der Waals surface area contributed by atoms with E-state index in [4.69, 9.17) is 19.3 Å². The van der Waals surface area contributed by atoms with Gasteiger partial charge in [-0.1, -0.05) is 36.4 Å². The van der Waals surface area contributed by atoms with Gasteiger partial charge in [0.2, 0.25) is 0 Å². The van der Waals surface area contributed by atoms with Crippen molar-refractivity contribution in [2.24, 2.45) is 0 Å². The highest BCUT2D eigenvalue weighted by Gasteiger charge is 2.32. The van der Waals surface area contributed by atoms with E-state index in [9.17, 15) is 14.7 Å². The van der Waals surface area contributed by atoms with Gasteiger partial charge in [0, 0.05) is 29.2 Å². The predicted molar refractivity (Wildman–Crippen MR) is 133 cm³/mol. The molecular formula is C25H32N2O7S. The van der Waals surface area contributed by atoms with Crippen LogP contribution < -0.4 is 10.6 Å². The maximum atomic E-state index is 12.0. The lowest BCUT2D eigenvalue weighted by atomic mass is 10.0. The highest BCUT2D eigenvalue weighted by Crippen LogP contribution is 2.39. The lowest BCUT2D eigenvalue weighted by molar-refractivity contribution is -0.245. The van der Waals surface area contributed by atoms with Crippen molar-refractivity contribution >= 4 is 29.4 Å². The van der Waals surface area contributed by atoms with Gasteiger partial charge in [0.1, 0.15) is 6.54 Å². The van der Waals surface area contributed by atoms with Gasteiger partial charge in [-0.25, -0.2) is 4.79 Å². The van der Waals surface area contributed by atoms with E-state index in [0.717, 1.165) is 22.4 Å².